The Morgan fingerprint density at radius 1 is 1.50 bits per heavy atom. The van der Waals surface area contributed by atoms with E-state index in [2.05, 4.69) is 6.92 Å². The number of rotatable bonds is 4. The topological polar surface area (TPSA) is 43.7 Å². The third-order valence-corrected chi connectivity index (χ3v) is 1.53. The molecule has 3 heteroatoms. The summed E-state index contributed by atoms with van der Waals surface area (Å²) in [6, 6.07) is -0.132. The first kappa shape index (κ1) is 9.88. The molecular weight excluding hydrogens is 130 g/mol. The van der Waals surface area contributed by atoms with Gasteiger partial charge >= 0.3 is 0 Å². The molecule has 2 unspecified atom stereocenters. The van der Waals surface area contributed by atoms with Crippen molar-refractivity contribution in [1.29, 1.82) is 0 Å². The molecule has 0 fully saturated rings. The summed E-state index contributed by atoms with van der Waals surface area (Å²) in [6.07, 6.45) is -0.133. The molecule has 0 amide bonds. The van der Waals surface area contributed by atoms with Crippen molar-refractivity contribution in [2.24, 2.45) is 0 Å². The molecule has 0 aromatic rings. The van der Waals surface area contributed by atoms with Crippen molar-refractivity contribution in [2.75, 3.05) is 20.7 Å². The van der Waals surface area contributed by atoms with Gasteiger partial charge in [0.15, 0.2) is 0 Å². The SMILES string of the molecule is [CH2]C(C(O)CCO)N(C)C. The van der Waals surface area contributed by atoms with Crippen LogP contribution in [0.5, 0.6) is 0 Å². The summed E-state index contributed by atoms with van der Waals surface area (Å²) in [7, 11) is 3.69. The van der Waals surface area contributed by atoms with Crippen molar-refractivity contribution in [2.45, 2.75) is 18.6 Å². The van der Waals surface area contributed by atoms with Crippen LogP contribution in [0, 0.1) is 6.92 Å². The largest absolute Gasteiger partial charge is 0.396 e. The molecule has 0 saturated carbocycles. The first-order chi connectivity index (χ1) is 4.59. The van der Waals surface area contributed by atoms with Crippen LogP contribution < -0.4 is 0 Å². The van der Waals surface area contributed by atoms with Crippen LogP contribution in [0.4, 0.5) is 0 Å². The smallest absolute Gasteiger partial charge is 0.0717 e. The van der Waals surface area contributed by atoms with Crippen molar-refractivity contribution in [1.82, 2.24) is 4.90 Å². The maximum absolute atomic E-state index is 9.22. The predicted molar refractivity (Wildman–Crippen MR) is 40.5 cm³/mol. The van der Waals surface area contributed by atoms with Gasteiger partial charge in [-0.3, -0.25) is 0 Å². The molecule has 0 aliphatic heterocycles. The van der Waals surface area contributed by atoms with E-state index in [9.17, 15) is 5.11 Å². The molecule has 10 heavy (non-hydrogen) atoms. The minimum Gasteiger partial charge on any atom is -0.396 e. The fourth-order valence-electron chi connectivity index (χ4n) is 0.669. The standard InChI is InChI=1S/C7H16NO2/c1-6(8(2)3)7(10)4-5-9/h6-7,9-10H,1,4-5H2,2-3H3. The maximum atomic E-state index is 9.22. The van der Waals surface area contributed by atoms with Crippen molar-refractivity contribution in [3.63, 3.8) is 0 Å². The van der Waals surface area contributed by atoms with Crippen molar-refractivity contribution >= 4 is 0 Å². The molecule has 0 aromatic carbocycles. The lowest BCUT2D eigenvalue weighted by molar-refractivity contribution is 0.0740. The van der Waals surface area contributed by atoms with Crippen LogP contribution in [-0.2, 0) is 0 Å². The average molecular weight is 146 g/mol. The van der Waals surface area contributed by atoms with Crippen molar-refractivity contribution < 1.29 is 10.2 Å². The van der Waals surface area contributed by atoms with Gasteiger partial charge < -0.3 is 15.1 Å². The Labute approximate surface area is 62.3 Å². The van der Waals surface area contributed by atoms with E-state index >= 15 is 0 Å². The van der Waals surface area contributed by atoms with Gasteiger partial charge in [0, 0.05) is 12.6 Å². The Morgan fingerprint density at radius 3 is 2.30 bits per heavy atom. The highest BCUT2D eigenvalue weighted by molar-refractivity contribution is 4.76. The van der Waals surface area contributed by atoms with E-state index in [0.29, 0.717) is 6.42 Å². The van der Waals surface area contributed by atoms with Gasteiger partial charge in [-0.15, -0.1) is 0 Å². The van der Waals surface area contributed by atoms with Gasteiger partial charge in [0.1, 0.15) is 0 Å². The number of aliphatic hydroxyl groups excluding tert-OH is 2. The van der Waals surface area contributed by atoms with Gasteiger partial charge in [-0.2, -0.15) is 0 Å². The van der Waals surface area contributed by atoms with Crippen LogP contribution in [0.25, 0.3) is 0 Å². The first-order valence-corrected chi connectivity index (χ1v) is 3.38. The molecule has 3 nitrogen and oxygen atoms in total. The summed E-state index contributed by atoms with van der Waals surface area (Å²) < 4.78 is 0. The van der Waals surface area contributed by atoms with Crippen LogP contribution in [0.2, 0.25) is 0 Å². The fourth-order valence-corrected chi connectivity index (χ4v) is 0.669. The Balaban J connectivity index is 3.58. The first-order valence-electron chi connectivity index (χ1n) is 3.38. The van der Waals surface area contributed by atoms with E-state index in [4.69, 9.17) is 5.11 Å². The maximum Gasteiger partial charge on any atom is 0.0717 e. The normalized spacial score (nSPS) is 17.4. The van der Waals surface area contributed by atoms with Crippen LogP contribution in [0.15, 0.2) is 0 Å². The second-order valence-corrected chi connectivity index (χ2v) is 2.61. The second-order valence-electron chi connectivity index (χ2n) is 2.61. The van der Waals surface area contributed by atoms with Gasteiger partial charge in [-0.05, 0) is 27.4 Å². The quantitative estimate of drug-likeness (QED) is 0.561. The van der Waals surface area contributed by atoms with E-state index in [1.54, 1.807) is 0 Å². The van der Waals surface area contributed by atoms with E-state index in [1.165, 1.54) is 0 Å². The number of likely N-dealkylation sites (N-methyl/N-ethyl adjacent to an activating group) is 1. The summed E-state index contributed by atoms with van der Waals surface area (Å²) in [5.74, 6) is 0. The number of nitrogens with zero attached hydrogens (tertiary/aromatic N) is 1. The molecule has 0 aliphatic rings. The number of hydrogen-bond donors (Lipinski definition) is 2. The highest BCUT2D eigenvalue weighted by Crippen LogP contribution is 2.01. The van der Waals surface area contributed by atoms with E-state index in [0.717, 1.165) is 0 Å². The van der Waals surface area contributed by atoms with Gasteiger partial charge in [-0.1, -0.05) is 0 Å². The summed E-state index contributed by atoms with van der Waals surface area (Å²) >= 11 is 0. The Kier molecular flexibility index (Phi) is 4.60. The predicted octanol–water partition coefficient (Wildman–Crippen LogP) is -0.506. The van der Waals surface area contributed by atoms with Crippen LogP contribution in [-0.4, -0.2) is 48.0 Å². The Hall–Kier alpha value is -0.120. The van der Waals surface area contributed by atoms with Gasteiger partial charge in [-0.25, -0.2) is 0 Å². The summed E-state index contributed by atoms with van der Waals surface area (Å²) in [4.78, 5) is 1.82. The number of hydrogen-bond acceptors (Lipinski definition) is 3. The van der Waals surface area contributed by atoms with Crippen LogP contribution in [0.3, 0.4) is 0 Å². The third kappa shape index (κ3) is 3.15. The van der Waals surface area contributed by atoms with E-state index in [1.807, 2.05) is 19.0 Å². The molecule has 0 spiro atoms. The van der Waals surface area contributed by atoms with E-state index in [-0.39, 0.29) is 12.6 Å². The molecule has 0 aromatic heterocycles. The lowest BCUT2D eigenvalue weighted by atomic mass is 10.1. The lowest BCUT2D eigenvalue weighted by Crippen LogP contribution is -2.37. The lowest BCUT2D eigenvalue weighted by Gasteiger charge is -2.24. The van der Waals surface area contributed by atoms with Crippen molar-refractivity contribution in [3.8, 4) is 0 Å². The molecule has 0 bridgehead atoms. The minimum absolute atomic E-state index is 0.0149. The molecule has 0 aliphatic carbocycles. The van der Waals surface area contributed by atoms with Crippen molar-refractivity contribution in [3.05, 3.63) is 6.92 Å². The summed E-state index contributed by atoms with van der Waals surface area (Å²) in [6.45, 7) is 3.74. The van der Waals surface area contributed by atoms with Gasteiger partial charge in [0.05, 0.1) is 6.10 Å². The Bertz CT molecular complexity index is 85.7. The van der Waals surface area contributed by atoms with Crippen LogP contribution in [0.1, 0.15) is 6.42 Å². The molecular formula is C7H16NO2. The molecule has 0 heterocycles. The third-order valence-electron chi connectivity index (χ3n) is 1.53. The zero-order valence-electron chi connectivity index (χ0n) is 6.62. The fraction of sp³-hybridized carbons (Fsp3) is 0.857. The molecule has 2 atom stereocenters. The highest BCUT2D eigenvalue weighted by Gasteiger charge is 2.14. The molecule has 2 N–H and O–H groups in total. The van der Waals surface area contributed by atoms with Crippen LogP contribution >= 0.6 is 0 Å². The minimum atomic E-state index is -0.528. The van der Waals surface area contributed by atoms with Gasteiger partial charge in [0.25, 0.3) is 0 Å². The molecule has 1 radical (unpaired) electrons. The molecule has 0 saturated heterocycles. The zero-order chi connectivity index (χ0) is 8.15. The summed E-state index contributed by atoms with van der Waals surface area (Å²) in [5, 5.41) is 17.7. The second kappa shape index (κ2) is 4.66. The average Bonchev–Trinajstić information content (AvgIpc) is 1.87. The zero-order valence-corrected chi connectivity index (χ0v) is 6.62. The number of aliphatic hydroxyl groups is 2. The molecule has 0 rings (SSSR count). The van der Waals surface area contributed by atoms with Gasteiger partial charge in [0.2, 0.25) is 0 Å². The van der Waals surface area contributed by atoms with E-state index < -0.39 is 6.10 Å². The molecule has 61 valence electrons. The Morgan fingerprint density at radius 2 is 2.00 bits per heavy atom. The highest BCUT2D eigenvalue weighted by atomic mass is 16.3. The monoisotopic (exact) mass is 146 g/mol. The summed E-state index contributed by atoms with van der Waals surface area (Å²) in [5.41, 5.74) is 0.